The molecule has 94 valence electrons. The Morgan fingerprint density at radius 1 is 1.53 bits per heavy atom. The predicted molar refractivity (Wildman–Crippen MR) is 74.8 cm³/mol. The molecule has 0 fully saturated rings. The topological polar surface area (TPSA) is 29.1 Å². The molecule has 1 N–H and O–H groups in total. The zero-order valence-corrected chi connectivity index (χ0v) is 11.5. The number of carbonyl (C=O) groups is 1. The minimum Gasteiger partial charge on any atom is -0.351 e. The van der Waals surface area contributed by atoms with Crippen LogP contribution in [0.4, 0.5) is 0 Å². The minimum absolute atomic E-state index is 0.0499. The predicted octanol–water partition coefficient (Wildman–Crippen LogP) is 3.57. The van der Waals surface area contributed by atoms with E-state index >= 15 is 0 Å². The lowest BCUT2D eigenvalue weighted by atomic mass is 10.1. The molecule has 0 radical (unpaired) electrons. The van der Waals surface area contributed by atoms with Crippen molar-refractivity contribution in [1.82, 2.24) is 5.32 Å². The van der Waals surface area contributed by atoms with Crippen molar-refractivity contribution in [1.29, 1.82) is 0 Å². The summed E-state index contributed by atoms with van der Waals surface area (Å²) in [6, 6.07) is 2.04. The van der Waals surface area contributed by atoms with E-state index in [-0.39, 0.29) is 5.91 Å². The Morgan fingerprint density at radius 3 is 2.88 bits per heavy atom. The molecule has 0 unspecified atom stereocenters. The van der Waals surface area contributed by atoms with Crippen LogP contribution in [0.1, 0.15) is 46.8 Å². The summed E-state index contributed by atoms with van der Waals surface area (Å²) in [5.74, 6) is 0.0499. The summed E-state index contributed by atoms with van der Waals surface area (Å²) in [6.45, 7) is 8.62. The first-order chi connectivity index (χ1) is 8.22. The average Bonchev–Trinajstić information content (AvgIpc) is 2.73. The molecular formula is C14H21NOS. The van der Waals surface area contributed by atoms with Gasteiger partial charge in [-0.2, -0.15) is 0 Å². The highest BCUT2D eigenvalue weighted by molar-refractivity contribution is 7.14. The fourth-order valence-electron chi connectivity index (χ4n) is 1.69. The number of aryl methyl sites for hydroxylation is 2. The Hall–Kier alpha value is -1.09. The number of rotatable bonds is 7. The normalized spacial score (nSPS) is 10.2. The molecule has 0 atom stereocenters. The van der Waals surface area contributed by atoms with E-state index in [0.717, 1.165) is 30.6 Å². The van der Waals surface area contributed by atoms with Gasteiger partial charge in [0.1, 0.15) is 0 Å². The Bertz CT molecular complexity index is 382. The van der Waals surface area contributed by atoms with Crippen molar-refractivity contribution in [2.45, 2.75) is 39.5 Å². The van der Waals surface area contributed by atoms with E-state index in [4.69, 9.17) is 0 Å². The van der Waals surface area contributed by atoms with E-state index in [1.807, 2.05) is 12.1 Å². The number of thiophene rings is 1. The van der Waals surface area contributed by atoms with E-state index in [1.54, 1.807) is 11.3 Å². The van der Waals surface area contributed by atoms with Gasteiger partial charge in [-0.15, -0.1) is 17.9 Å². The van der Waals surface area contributed by atoms with E-state index in [0.29, 0.717) is 6.54 Å². The van der Waals surface area contributed by atoms with Crippen LogP contribution in [0.15, 0.2) is 18.7 Å². The Kier molecular flexibility index (Phi) is 5.98. The Balaban J connectivity index is 2.69. The number of hydrogen-bond donors (Lipinski definition) is 1. The second kappa shape index (κ2) is 7.28. The van der Waals surface area contributed by atoms with Crippen LogP contribution in [0.2, 0.25) is 0 Å². The molecule has 0 spiro atoms. The summed E-state index contributed by atoms with van der Waals surface area (Å²) in [4.78, 5) is 14.1. The maximum atomic E-state index is 11.9. The van der Waals surface area contributed by atoms with Gasteiger partial charge in [-0.1, -0.05) is 26.3 Å². The standard InChI is InChI=1S/C14H21NOS/c1-4-7-9-15-14(16)13-10-11(6-3)12(17-13)8-5-2/h4,10H,1,5-9H2,2-3H3,(H,15,16). The molecule has 0 aliphatic rings. The van der Waals surface area contributed by atoms with Crippen LogP contribution >= 0.6 is 11.3 Å². The summed E-state index contributed by atoms with van der Waals surface area (Å²) >= 11 is 1.64. The van der Waals surface area contributed by atoms with Gasteiger partial charge in [-0.3, -0.25) is 4.79 Å². The van der Waals surface area contributed by atoms with E-state index in [2.05, 4.69) is 25.7 Å². The van der Waals surface area contributed by atoms with Crippen LogP contribution in [0, 0.1) is 0 Å². The number of hydrogen-bond acceptors (Lipinski definition) is 2. The van der Waals surface area contributed by atoms with Crippen molar-refractivity contribution in [2.75, 3.05) is 6.54 Å². The number of amides is 1. The van der Waals surface area contributed by atoms with Crippen molar-refractivity contribution < 1.29 is 4.79 Å². The third-order valence-electron chi connectivity index (χ3n) is 2.61. The van der Waals surface area contributed by atoms with Crippen molar-refractivity contribution in [2.24, 2.45) is 0 Å². The Labute approximate surface area is 108 Å². The van der Waals surface area contributed by atoms with Gasteiger partial charge < -0.3 is 5.32 Å². The van der Waals surface area contributed by atoms with Crippen LogP contribution in [-0.2, 0) is 12.8 Å². The SMILES string of the molecule is C=CCCNC(=O)c1cc(CC)c(CCC)s1. The molecule has 0 saturated heterocycles. The molecule has 2 nitrogen and oxygen atoms in total. The molecule has 3 heteroatoms. The second-order valence-electron chi connectivity index (χ2n) is 4.00. The first kappa shape index (κ1) is 14.0. The lowest BCUT2D eigenvalue weighted by Crippen LogP contribution is -2.23. The van der Waals surface area contributed by atoms with Crippen molar-refractivity contribution in [3.05, 3.63) is 34.0 Å². The first-order valence-corrected chi connectivity index (χ1v) is 7.05. The molecular weight excluding hydrogens is 230 g/mol. The summed E-state index contributed by atoms with van der Waals surface area (Å²) in [6.07, 6.45) is 5.85. The maximum Gasteiger partial charge on any atom is 0.261 e. The van der Waals surface area contributed by atoms with Crippen molar-refractivity contribution in [3.63, 3.8) is 0 Å². The van der Waals surface area contributed by atoms with Crippen LogP contribution in [0.25, 0.3) is 0 Å². The van der Waals surface area contributed by atoms with Crippen LogP contribution in [0.5, 0.6) is 0 Å². The molecule has 0 aromatic carbocycles. The summed E-state index contributed by atoms with van der Waals surface area (Å²) < 4.78 is 0. The van der Waals surface area contributed by atoms with Gasteiger partial charge in [0.05, 0.1) is 4.88 Å². The van der Waals surface area contributed by atoms with Gasteiger partial charge in [0.2, 0.25) is 0 Å². The highest BCUT2D eigenvalue weighted by atomic mass is 32.1. The summed E-state index contributed by atoms with van der Waals surface area (Å²) in [5, 5.41) is 2.91. The monoisotopic (exact) mass is 251 g/mol. The number of carbonyl (C=O) groups excluding carboxylic acids is 1. The lowest BCUT2D eigenvalue weighted by Gasteiger charge is -1.99. The molecule has 0 bridgehead atoms. The Morgan fingerprint density at radius 2 is 2.29 bits per heavy atom. The van der Waals surface area contributed by atoms with E-state index in [1.165, 1.54) is 10.4 Å². The highest BCUT2D eigenvalue weighted by Crippen LogP contribution is 2.24. The quantitative estimate of drug-likeness (QED) is 0.582. The molecule has 1 amide bonds. The van der Waals surface area contributed by atoms with E-state index < -0.39 is 0 Å². The third-order valence-corrected chi connectivity index (χ3v) is 3.85. The fourth-order valence-corrected chi connectivity index (χ4v) is 2.96. The first-order valence-electron chi connectivity index (χ1n) is 6.23. The van der Waals surface area contributed by atoms with Crippen LogP contribution in [-0.4, -0.2) is 12.5 Å². The van der Waals surface area contributed by atoms with Crippen LogP contribution < -0.4 is 5.32 Å². The van der Waals surface area contributed by atoms with Gasteiger partial charge in [0.25, 0.3) is 5.91 Å². The zero-order chi connectivity index (χ0) is 12.7. The van der Waals surface area contributed by atoms with Gasteiger partial charge >= 0.3 is 0 Å². The van der Waals surface area contributed by atoms with Crippen molar-refractivity contribution >= 4 is 17.2 Å². The van der Waals surface area contributed by atoms with Gasteiger partial charge in [-0.25, -0.2) is 0 Å². The minimum atomic E-state index is 0.0499. The van der Waals surface area contributed by atoms with Gasteiger partial charge in [0, 0.05) is 11.4 Å². The summed E-state index contributed by atoms with van der Waals surface area (Å²) in [5.41, 5.74) is 1.32. The number of nitrogens with one attached hydrogen (secondary N) is 1. The smallest absolute Gasteiger partial charge is 0.261 e. The molecule has 0 saturated carbocycles. The van der Waals surface area contributed by atoms with Gasteiger partial charge in [-0.05, 0) is 30.9 Å². The summed E-state index contributed by atoms with van der Waals surface area (Å²) in [7, 11) is 0. The molecule has 0 aliphatic carbocycles. The highest BCUT2D eigenvalue weighted by Gasteiger charge is 2.12. The van der Waals surface area contributed by atoms with E-state index in [9.17, 15) is 4.79 Å². The molecule has 1 rings (SSSR count). The van der Waals surface area contributed by atoms with Crippen LogP contribution in [0.3, 0.4) is 0 Å². The fraction of sp³-hybridized carbons (Fsp3) is 0.500. The van der Waals surface area contributed by atoms with Gasteiger partial charge in [0.15, 0.2) is 0 Å². The molecule has 17 heavy (non-hydrogen) atoms. The van der Waals surface area contributed by atoms with Crippen molar-refractivity contribution in [3.8, 4) is 0 Å². The molecule has 0 aliphatic heterocycles. The molecule has 1 aromatic heterocycles. The lowest BCUT2D eigenvalue weighted by molar-refractivity contribution is 0.0958. The zero-order valence-electron chi connectivity index (χ0n) is 10.7. The average molecular weight is 251 g/mol. The molecule has 1 aromatic rings. The maximum absolute atomic E-state index is 11.9. The second-order valence-corrected chi connectivity index (χ2v) is 5.13. The third kappa shape index (κ3) is 4.00. The molecule has 1 heterocycles. The largest absolute Gasteiger partial charge is 0.351 e.